The highest BCUT2D eigenvalue weighted by molar-refractivity contribution is 6.30. The van der Waals surface area contributed by atoms with E-state index in [1.165, 1.54) is 12.8 Å². The quantitative estimate of drug-likeness (QED) is 0.809. The number of H-pyrrole nitrogens is 1. The minimum absolute atomic E-state index is 0.0184. The number of rotatable bonds is 6. The number of aromatic amines is 1. The molecule has 0 aliphatic carbocycles. The van der Waals surface area contributed by atoms with E-state index in [0.29, 0.717) is 23.3 Å². The van der Waals surface area contributed by atoms with Gasteiger partial charge in [-0.15, -0.1) is 0 Å². The lowest BCUT2D eigenvalue weighted by atomic mass is 10.1. The van der Waals surface area contributed by atoms with E-state index in [2.05, 4.69) is 27.3 Å². The second-order valence-electron chi connectivity index (χ2n) is 6.81. The predicted octanol–water partition coefficient (Wildman–Crippen LogP) is 4.24. The molecule has 1 aliphatic rings. The molecular weight excluding hydrogens is 336 g/mol. The molecule has 3 rings (SSSR count). The average Bonchev–Trinajstić information content (AvgIpc) is 3.19. The molecule has 6 heteroatoms. The van der Waals surface area contributed by atoms with E-state index in [9.17, 15) is 4.79 Å². The van der Waals surface area contributed by atoms with Crippen LogP contribution in [0.2, 0.25) is 5.02 Å². The molecule has 134 valence electrons. The molecule has 2 N–H and O–H groups in total. The zero-order valence-electron chi connectivity index (χ0n) is 14.8. The van der Waals surface area contributed by atoms with Crippen LogP contribution in [0.1, 0.15) is 38.2 Å². The summed E-state index contributed by atoms with van der Waals surface area (Å²) in [6.45, 7) is 6.42. The molecule has 0 bridgehead atoms. The van der Waals surface area contributed by atoms with Crippen LogP contribution in [0, 0.1) is 6.92 Å². The predicted molar refractivity (Wildman–Crippen MR) is 102 cm³/mol. The van der Waals surface area contributed by atoms with Crippen LogP contribution in [0.15, 0.2) is 24.3 Å². The number of aromatic nitrogens is 2. The van der Waals surface area contributed by atoms with Crippen LogP contribution in [0.4, 0.5) is 5.82 Å². The highest BCUT2D eigenvalue weighted by Gasteiger charge is 2.19. The Hall–Kier alpha value is -1.85. The second-order valence-corrected chi connectivity index (χ2v) is 7.24. The maximum atomic E-state index is 12.1. The average molecular weight is 361 g/mol. The van der Waals surface area contributed by atoms with Crippen LogP contribution in [-0.4, -0.2) is 40.1 Å². The summed E-state index contributed by atoms with van der Waals surface area (Å²) in [7, 11) is 0. The number of nitrogens with zero attached hydrogens (tertiary/aromatic N) is 2. The summed E-state index contributed by atoms with van der Waals surface area (Å²) in [6, 6.07) is 8.20. The number of nitrogens with one attached hydrogen (secondary N) is 2. The summed E-state index contributed by atoms with van der Waals surface area (Å²) >= 11 is 6.07. The van der Waals surface area contributed by atoms with Crippen LogP contribution in [0.5, 0.6) is 0 Å². The topological polar surface area (TPSA) is 61.0 Å². The zero-order chi connectivity index (χ0) is 17.8. The third-order valence-electron chi connectivity index (χ3n) is 4.87. The summed E-state index contributed by atoms with van der Waals surface area (Å²) in [5, 5.41) is 10.7. The molecule has 1 aromatic heterocycles. The molecular formula is C19H25ClN4O. The van der Waals surface area contributed by atoms with Crippen LogP contribution >= 0.6 is 11.6 Å². The lowest BCUT2D eigenvalue weighted by molar-refractivity contribution is -0.116. The maximum absolute atomic E-state index is 12.1. The normalized spacial score (nSPS) is 17.8. The van der Waals surface area contributed by atoms with Crippen LogP contribution < -0.4 is 5.32 Å². The van der Waals surface area contributed by atoms with E-state index in [1.54, 1.807) is 0 Å². The number of amides is 1. The summed E-state index contributed by atoms with van der Waals surface area (Å²) < 4.78 is 0. The Labute approximate surface area is 153 Å². The van der Waals surface area contributed by atoms with Crippen molar-refractivity contribution in [3.8, 4) is 11.3 Å². The first-order valence-corrected chi connectivity index (χ1v) is 9.26. The van der Waals surface area contributed by atoms with Gasteiger partial charge in [0.1, 0.15) is 5.82 Å². The van der Waals surface area contributed by atoms with E-state index < -0.39 is 0 Å². The molecule has 0 unspecified atom stereocenters. The number of anilines is 1. The number of hydrogen-bond donors (Lipinski definition) is 2. The van der Waals surface area contributed by atoms with Gasteiger partial charge in [-0.25, -0.2) is 0 Å². The number of aryl methyl sites for hydroxylation is 1. The first-order valence-electron chi connectivity index (χ1n) is 8.89. The number of hydrogen-bond acceptors (Lipinski definition) is 3. The van der Waals surface area contributed by atoms with Crippen molar-refractivity contribution in [3.63, 3.8) is 0 Å². The van der Waals surface area contributed by atoms with E-state index in [1.807, 2.05) is 31.2 Å². The highest BCUT2D eigenvalue weighted by atomic mass is 35.5. The molecule has 1 aromatic carbocycles. The van der Waals surface area contributed by atoms with Crippen LogP contribution in [0.25, 0.3) is 11.3 Å². The number of halogens is 1. The summed E-state index contributed by atoms with van der Waals surface area (Å²) in [5.74, 6) is 0.638. The Morgan fingerprint density at radius 2 is 2.28 bits per heavy atom. The van der Waals surface area contributed by atoms with Gasteiger partial charge in [0.2, 0.25) is 5.91 Å². The van der Waals surface area contributed by atoms with E-state index in [-0.39, 0.29) is 5.91 Å². The molecule has 1 amide bonds. The van der Waals surface area contributed by atoms with Gasteiger partial charge >= 0.3 is 0 Å². The summed E-state index contributed by atoms with van der Waals surface area (Å²) in [5.41, 5.74) is 2.84. The molecule has 1 saturated heterocycles. The first-order chi connectivity index (χ1) is 12.0. The molecule has 1 fully saturated rings. The third-order valence-corrected chi connectivity index (χ3v) is 5.10. The SMILES string of the molecule is Cc1ccc(Cl)cc1-c1cc(NC(=O)CCCN2CCC[C@@H]2C)[nH]n1. The lowest BCUT2D eigenvalue weighted by Crippen LogP contribution is -2.28. The fourth-order valence-electron chi connectivity index (χ4n) is 3.37. The van der Waals surface area contributed by atoms with Gasteiger partial charge in [-0.1, -0.05) is 17.7 Å². The monoisotopic (exact) mass is 360 g/mol. The van der Waals surface area contributed by atoms with Crippen molar-refractivity contribution >= 4 is 23.3 Å². The van der Waals surface area contributed by atoms with Crippen LogP contribution in [-0.2, 0) is 4.79 Å². The summed E-state index contributed by atoms with van der Waals surface area (Å²) in [4.78, 5) is 14.6. The Morgan fingerprint density at radius 1 is 1.44 bits per heavy atom. The molecule has 5 nitrogen and oxygen atoms in total. The van der Waals surface area contributed by atoms with E-state index in [0.717, 1.165) is 36.3 Å². The number of benzene rings is 1. The second kappa shape index (κ2) is 8.02. The number of likely N-dealkylation sites (tertiary alicyclic amines) is 1. The van der Waals surface area contributed by atoms with Gasteiger partial charge in [0.25, 0.3) is 0 Å². The molecule has 1 atom stereocenters. The molecule has 2 heterocycles. The third kappa shape index (κ3) is 4.61. The number of carbonyl (C=O) groups is 1. The molecule has 0 radical (unpaired) electrons. The van der Waals surface area contributed by atoms with Gasteiger partial charge in [-0.05, 0) is 63.9 Å². The Kier molecular flexibility index (Phi) is 5.76. The Bertz CT molecular complexity index is 743. The van der Waals surface area contributed by atoms with E-state index in [4.69, 9.17) is 11.6 Å². The smallest absolute Gasteiger partial charge is 0.225 e. The Balaban J connectivity index is 1.52. The largest absolute Gasteiger partial charge is 0.311 e. The first kappa shape index (κ1) is 18.0. The summed E-state index contributed by atoms with van der Waals surface area (Å²) in [6.07, 6.45) is 3.94. The fourth-order valence-corrected chi connectivity index (χ4v) is 3.55. The van der Waals surface area contributed by atoms with Crippen molar-refractivity contribution in [2.24, 2.45) is 0 Å². The zero-order valence-corrected chi connectivity index (χ0v) is 15.6. The van der Waals surface area contributed by atoms with Gasteiger partial charge in [0, 0.05) is 29.1 Å². The van der Waals surface area contributed by atoms with Crippen molar-refractivity contribution in [1.82, 2.24) is 15.1 Å². The van der Waals surface area contributed by atoms with Crippen molar-refractivity contribution in [3.05, 3.63) is 34.9 Å². The minimum Gasteiger partial charge on any atom is -0.311 e. The lowest BCUT2D eigenvalue weighted by Gasteiger charge is -2.20. The van der Waals surface area contributed by atoms with Crippen molar-refractivity contribution in [1.29, 1.82) is 0 Å². The van der Waals surface area contributed by atoms with Gasteiger partial charge in [-0.3, -0.25) is 9.89 Å². The van der Waals surface area contributed by atoms with E-state index >= 15 is 0 Å². The minimum atomic E-state index is 0.0184. The van der Waals surface area contributed by atoms with Crippen molar-refractivity contribution in [2.45, 2.75) is 45.6 Å². The van der Waals surface area contributed by atoms with Crippen molar-refractivity contribution in [2.75, 3.05) is 18.4 Å². The standard InChI is InChI=1S/C19H25ClN4O/c1-13-7-8-15(20)11-16(13)17-12-18(23-22-17)21-19(25)6-4-10-24-9-3-5-14(24)2/h7-8,11-12,14H,3-6,9-10H2,1-2H3,(H2,21,22,23,25)/t14-/m0/s1. The number of carbonyl (C=O) groups excluding carboxylic acids is 1. The van der Waals surface area contributed by atoms with Gasteiger partial charge < -0.3 is 10.2 Å². The van der Waals surface area contributed by atoms with Crippen LogP contribution in [0.3, 0.4) is 0 Å². The van der Waals surface area contributed by atoms with Gasteiger partial charge in [0.15, 0.2) is 0 Å². The van der Waals surface area contributed by atoms with Crippen molar-refractivity contribution < 1.29 is 4.79 Å². The maximum Gasteiger partial charge on any atom is 0.225 e. The molecule has 0 saturated carbocycles. The molecule has 1 aliphatic heterocycles. The van der Waals surface area contributed by atoms with Gasteiger partial charge in [-0.2, -0.15) is 5.10 Å². The molecule has 2 aromatic rings. The van der Waals surface area contributed by atoms with Gasteiger partial charge in [0.05, 0.1) is 5.69 Å². The molecule has 0 spiro atoms. The molecule has 25 heavy (non-hydrogen) atoms. The Morgan fingerprint density at radius 3 is 3.04 bits per heavy atom. The fraction of sp³-hybridized carbons (Fsp3) is 0.474. The highest BCUT2D eigenvalue weighted by Crippen LogP contribution is 2.26.